The van der Waals surface area contributed by atoms with Gasteiger partial charge in [0.2, 0.25) is 5.95 Å². The Bertz CT molecular complexity index is 737. The average molecular weight is 254 g/mol. The monoisotopic (exact) mass is 254 g/mol. The Morgan fingerprint density at radius 2 is 2.16 bits per heavy atom. The molecule has 0 atom stereocenters. The largest absolute Gasteiger partial charge is 0.369 e. The van der Waals surface area contributed by atoms with E-state index in [-0.39, 0.29) is 11.5 Å². The topological polar surface area (TPSA) is 87.6 Å². The summed E-state index contributed by atoms with van der Waals surface area (Å²) in [5.41, 5.74) is 6.28. The van der Waals surface area contributed by atoms with Crippen LogP contribution in [0.1, 0.15) is 31.2 Å². The zero-order valence-corrected chi connectivity index (χ0v) is 10.4. The van der Waals surface area contributed by atoms with Crippen LogP contribution in [0.25, 0.3) is 11.0 Å². The van der Waals surface area contributed by atoms with Crippen LogP contribution in [0.2, 0.25) is 0 Å². The Balaban J connectivity index is 2.16. The molecule has 0 radical (unpaired) electrons. The van der Waals surface area contributed by atoms with Gasteiger partial charge < -0.3 is 10.7 Å². The van der Waals surface area contributed by atoms with Crippen molar-refractivity contribution in [2.75, 3.05) is 5.73 Å². The number of hydrogen-bond donors (Lipinski definition) is 3. The number of nitrogens with one attached hydrogen (secondary N) is 2. The molecule has 0 saturated heterocycles. The van der Waals surface area contributed by atoms with Gasteiger partial charge >= 0.3 is 0 Å². The van der Waals surface area contributed by atoms with Crippen molar-refractivity contribution in [2.45, 2.75) is 25.7 Å². The number of unbranched alkanes of at least 4 members (excludes halogenated alkanes) is 3. The van der Waals surface area contributed by atoms with E-state index in [4.69, 9.17) is 12.2 Å². The van der Waals surface area contributed by atoms with Crippen LogP contribution in [-0.4, -0.2) is 15.0 Å². The molecule has 2 heterocycles. The number of fused-ring (bicyclic) bond motifs is 1. The Morgan fingerprint density at radius 3 is 2.95 bits per heavy atom. The summed E-state index contributed by atoms with van der Waals surface area (Å²) in [4.78, 5) is 21.1. The first-order chi connectivity index (χ1) is 9.22. The predicted octanol–water partition coefficient (Wildman–Crippen LogP) is 1.38. The van der Waals surface area contributed by atoms with E-state index >= 15 is 0 Å². The molecule has 0 bridgehead atoms. The lowest BCUT2D eigenvalue weighted by atomic mass is 10.2. The number of aromatic nitrogens is 3. The quantitative estimate of drug-likeness (QED) is 0.571. The molecule has 0 fully saturated rings. The summed E-state index contributed by atoms with van der Waals surface area (Å²) in [5.74, 6) is 8.68. The first-order valence-electron chi connectivity index (χ1n) is 6.01. The Labute approximate surface area is 110 Å². The minimum Gasteiger partial charge on any atom is -0.369 e. The van der Waals surface area contributed by atoms with Crippen LogP contribution in [0.4, 0.5) is 5.95 Å². The Kier molecular flexibility index (Phi) is 3.90. The summed E-state index contributed by atoms with van der Waals surface area (Å²) >= 11 is 0. The fraction of sp³-hybridized carbons (Fsp3) is 0.286. The van der Waals surface area contributed by atoms with E-state index < -0.39 is 0 Å². The van der Waals surface area contributed by atoms with E-state index in [0.29, 0.717) is 16.6 Å². The highest BCUT2D eigenvalue weighted by atomic mass is 16.1. The molecule has 0 aliphatic heterocycles. The van der Waals surface area contributed by atoms with Crippen molar-refractivity contribution in [1.29, 1.82) is 0 Å². The molecule has 0 spiro atoms. The van der Waals surface area contributed by atoms with Gasteiger partial charge in [0.15, 0.2) is 0 Å². The maximum absolute atomic E-state index is 11.8. The summed E-state index contributed by atoms with van der Waals surface area (Å²) in [7, 11) is 0. The van der Waals surface area contributed by atoms with Crippen LogP contribution in [0.5, 0.6) is 0 Å². The molecule has 0 aliphatic rings. The van der Waals surface area contributed by atoms with Crippen LogP contribution in [0.3, 0.4) is 0 Å². The number of nitrogens with zero attached hydrogens (tertiary/aromatic N) is 1. The summed E-state index contributed by atoms with van der Waals surface area (Å²) in [6, 6.07) is 0. The van der Waals surface area contributed by atoms with Crippen molar-refractivity contribution in [1.82, 2.24) is 15.0 Å². The minimum absolute atomic E-state index is 0.0909. The van der Waals surface area contributed by atoms with Gasteiger partial charge in [-0.25, -0.2) is 0 Å². The van der Waals surface area contributed by atoms with Gasteiger partial charge in [-0.15, -0.1) is 12.3 Å². The third kappa shape index (κ3) is 2.97. The second-order valence-corrected chi connectivity index (χ2v) is 4.09. The summed E-state index contributed by atoms with van der Waals surface area (Å²) in [5, 5.41) is 0.449. The highest BCUT2D eigenvalue weighted by Crippen LogP contribution is 2.11. The van der Waals surface area contributed by atoms with Crippen LogP contribution < -0.4 is 11.3 Å². The normalized spacial score (nSPS) is 9.84. The zero-order valence-electron chi connectivity index (χ0n) is 10.4. The molecule has 2 aromatic rings. The second-order valence-electron chi connectivity index (χ2n) is 4.09. The lowest BCUT2D eigenvalue weighted by Gasteiger charge is -1.92. The number of terminal acetylenes is 1. The molecule has 0 amide bonds. The molecule has 0 aliphatic carbocycles. The van der Waals surface area contributed by atoms with Crippen LogP contribution in [-0.2, 0) is 0 Å². The highest BCUT2D eigenvalue weighted by molar-refractivity contribution is 5.82. The molecule has 19 heavy (non-hydrogen) atoms. The van der Waals surface area contributed by atoms with Gasteiger partial charge in [0.05, 0.1) is 10.9 Å². The molecule has 0 unspecified atom stereocenters. The third-order valence-electron chi connectivity index (χ3n) is 2.66. The standard InChI is InChI=1S/C14H14N4O/c1-2-3-4-5-6-7-8-10-9-16-12-11(10)13(19)18-14(15)17-12/h1,9H,3-6H2,(H4,15,16,17,18,19). The van der Waals surface area contributed by atoms with E-state index in [1.54, 1.807) is 6.20 Å². The molecular formula is C14H14N4O. The first-order valence-corrected chi connectivity index (χ1v) is 6.01. The van der Waals surface area contributed by atoms with E-state index in [0.717, 1.165) is 25.7 Å². The van der Waals surface area contributed by atoms with E-state index in [9.17, 15) is 4.79 Å². The molecule has 0 aromatic carbocycles. The van der Waals surface area contributed by atoms with Gasteiger partial charge in [-0.2, -0.15) is 4.98 Å². The predicted molar refractivity (Wildman–Crippen MR) is 75.3 cm³/mol. The van der Waals surface area contributed by atoms with Gasteiger partial charge in [-0.1, -0.05) is 11.8 Å². The zero-order chi connectivity index (χ0) is 13.7. The van der Waals surface area contributed by atoms with Gasteiger partial charge in [0.1, 0.15) is 5.65 Å². The van der Waals surface area contributed by atoms with Crippen LogP contribution in [0.15, 0.2) is 11.0 Å². The number of nitrogen functional groups attached to an aromatic ring is 1. The average Bonchev–Trinajstić information content (AvgIpc) is 2.77. The fourth-order valence-electron chi connectivity index (χ4n) is 1.75. The number of rotatable bonds is 3. The molecule has 2 aromatic heterocycles. The maximum Gasteiger partial charge on any atom is 0.263 e. The summed E-state index contributed by atoms with van der Waals surface area (Å²) < 4.78 is 0. The molecule has 5 heteroatoms. The molecular weight excluding hydrogens is 240 g/mol. The minimum atomic E-state index is -0.277. The Morgan fingerprint density at radius 1 is 1.37 bits per heavy atom. The highest BCUT2D eigenvalue weighted by Gasteiger charge is 2.07. The lowest BCUT2D eigenvalue weighted by molar-refractivity contribution is 0.783. The van der Waals surface area contributed by atoms with Crippen molar-refractivity contribution in [3.8, 4) is 24.2 Å². The third-order valence-corrected chi connectivity index (χ3v) is 2.66. The maximum atomic E-state index is 11.8. The van der Waals surface area contributed by atoms with Gasteiger partial charge in [-0.3, -0.25) is 9.78 Å². The summed E-state index contributed by atoms with van der Waals surface area (Å²) in [6.07, 6.45) is 10.3. The van der Waals surface area contributed by atoms with Crippen molar-refractivity contribution < 1.29 is 0 Å². The van der Waals surface area contributed by atoms with Gasteiger partial charge in [-0.05, 0) is 12.8 Å². The number of anilines is 1. The van der Waals surface area contributed by atoms with E-state index in [1.807, 2.05) is 0 Å². The molecule has 96 valence electrons. The number of nitrogens with two attached hydrogens (primary N) is 1. The summed E-state index contributed by atoms with van der Waals surface area (Å²) in [6.45, 7) is 0. The van der Waals surface area contributed by atoms with E-state index in [1.165, 1.54) is 0 Å². The van der Waals surface area contributed by atoms with Gasteiger partial charge in [0.25, 0.3) is 5.56 Å². The second kappa shape index (κ2) is 5.79. The van der Waals surface area contributed by atoms with Crippen molar-refractivity contribution in [3.05, 3.63) is 22.1 Å². The lowest BCUT2D eigenvalue weighted by Crippen LogP contribution is -2.11. The van der Waals surface area contributed by atoms with Gasteiger partial charge in [0, 0.05) is 19.0 Å². The van der Waals surface area contributed by atoms with E-state index in [2.05, 4.69) is 32.7 Å². The van der Waals surface area contributed by atoms with Crippen molar-refractivity contribution in [3.63, 3.8) is 0 Å². The number of H-pyrrole nitrogens is 2. The Hall–Kier alpha value is -2.66. The molecule has 0 saturated carbocycles. The number of hydrogen-bond acceptors (Lipinski definition) is 3. The van der Waals surface area contributed by atoms with Crippen LogP contribution in [0, 0.1) is 24.2 Å². The van der Waals surface area contributed by atoms with Crippen molar-refractivity contribution in [2.24, 2.45) is 0 Å². The smallest absolute Gasteiger partial charge is 0.263 e. The fourth-order valence-corrected chi connectivity index (χ4v) is 1.75. The van der Waals surface area contributed by atoms with Crippen LogP contribution >= 0.6 is 0 Å². The van der Waals surface area contributed by atoms with Crippen molar-refractivity contribution >= 4 is 17.0 Å². The molecule has 2 rings (SSSR count). The number of aromatic amines is 2. The first kappa shape index (κ1) is 12.8. The molecule has 4 N–H and O–H groups in total. The SMILES string of the molecule is C#CCCCCC#Cc1c[nH]c2nc(N)[nH]c(=O)c12. The molecule has 5 nitrogen and oxygen atoms in total.